The van der Waals surface area contributed by atoms with Gasteiger partial charge in [0.1, 0.15) is 10.8 Å². The maximum absolute atomic E-state index is 12.2. The zero-order valence-corrected chi connectivity index (χ0v) is 16.2. The normalized spacial score (nSPS) is 10.2. The molecule has 0 bridgehead atoms. The maximum atomic E-state index is 12.2. The Morgan fingerprint density at radius 2 is 1.61 bits per heavy atom. The lowest BCUT2D eigenvalue weighted by Gasteiger charge is -2.07. The van der Waals surface area contributed by atoms with Gasteiger partial charge in [0.25, 0.3) is 5.91 Å². The van der Waals surface area contributed by atoms with Gasteiger partial charge in [-0.2, -0.15) is 0 Å². The van der Waals surface area contributed by atoms with Crippen LogP contribution in [0.2, 0.25) is 0 Å². The number of methoxy groups -OCH3 is 1. The average Bonchev–Trinajstić information content (AvgIpc) is 3.18. The molecule has 0 fully saturated rings. The van der Waals surface area contributed by atoms with Crippen molar-refractivity contribution >= 4 is 34.6 Å². The second kappa shape index (κ2) is 8.96. The number of ether oxygens (including phenoxy) is 1. The molecule has 0 atom stereocenters. The fourth-order valence-electron chi connectivity index (χ4n) is 2.24. The van der Waals surface area contributed by atoms with Crippen molar-refractivity contribution in [3.63, 3.8) is 0 Å². The number of aryl methyl sites for hydroxylation is 1. The zero-order valence-electron chi connectivity index (χ0n) is 15.4. The molecule has 0 spiro atoms. The van der Waals surface area contributed by atoms with Crippen LogP contribution in [0.1, 0.15) is 20.4 Å². The van der Waals surface area contributed by atoms with Crippen LogP contribution in [0.5, 0.6) is 5.75 Å². The second-order valence-electron chi connectivity index (χ2n) is 5.86. The summed E-state index contributed by atoms with van der Waals surface area (Å²) >= 11 is 1.12. The first kappa shape index (κ1) is 19.3. The van der Waals surface area contributed by atoms with E-state index in [4.69, 9.17) is 4.74 Å². The van der Waals surface area contributed by atoms with Crippen LogP contribution in [0.3, 0.4) is 0 Å². The molecule has 3 aromatic rings. The average molecular weight is 397 g/mol. The molecule has 0 saturated heterocycles. The smallest absolute Gasteiger partial charge is 0.319 e. The molecule has 2 aromatic carbocycles. The van der Waals surface area contributed by atoms with Gasteiger partial charge in [-0.15, -0.1) is 10.2 Å². The van der Waals surface area contributed by atoms with Crippen molar-refractivity contribution in [2.45, 2.75) is 13.5 Å². The lowest BCUT2D eigenvalue weighted by Crippen LogP contribution is -2.28. The van der Waals surface area contributed by atoms with Crippen LogP contribution in [0.4, 0.5) is 16.2 Å². The van der Waals surface area contributed by atoms with E-state index in [-0.39, 0.29) is 23.5 Å². The number of hydrogen-bond acceptors (Lipinski definition) is 6. The molecule has 9 heteroatoms. The minimum atomic E-state index is -0.383. The van der Waals surface area contributed by atoms with E-state index in [2.05, 4.69) is 26.1 Å². The Balaban J connectivity index is 1.50. The van der Waals surface area contributed by atoms with Gasteiger partial charge < -0.3 is 20.7 Å². The quantitative estimate of drug-likeness (QED) is 0.591. The van der Waals surface area contributed by atoms with Gasteiger partial charge in [-0.25, -0.2) is 4.79 Å². The summed E-state index contributed by atoms with van der Waals surface area (Å²) in [4.78, 5) is 24.2. The number of nitrogens with one attached hydrogen (secondary N) is 3. The number of carbonyl (C=O) groups is 2. The van der Waals surface area contributed by atoms with E-state index in [0.717, 1.165) is 16.9 Å². The van der Waals surface area contributed by atoms with E-state index >= 15 is 0 Å². The first-order chi connectivity index (χ1) is 13.5. The standard InChI is InChI=1S/C19H19N5O3S/c1-12-3-5-13(6-4-12)21-17(25)18-24-23-16(28-18)11-20-19(26)22-14-7-9-15(27-2)10-8-14/h3-10H,11H2,1-2H3,(H,21,25)(H2,20,22,26). The molecule has 28 heavy (non-hydrogen) atoms. The van der Waals surface area contributed by atoms with Crippen LogP contribution in [-0.4, -0.2) is 29.2 Å². The van der Waals surface area contributed by atoms with Crippen molar-refractivity contribution < 1.29 is 14.3 Å². The molecular weight excluding hydrogens is 378 g/mol. The number of hydrogen-bond donors (Lipinski definition) is 3. The monoisotopic (exact) mass is 397 g/mol. The van der Waals surface area contributed by atoms with Crippen LogP contribution >= 0.6 is 11.3 Å². The molecule has 8 nitrogen and oxygen atoms in total. The Morgan fingerprint density at radius 1 is 0.964 bits per heavy atom. The number of rotatable bonds is 6. The van der Waals surface area contributed by atoms with Crippen molar-refractivity contribution in [1.29, 1.82) is 0 Å². The summed E-state index contributed by atoms with van der Waals surface area (Å²) in [7, 11) is 1.58. The van der Waals surface area contributed by atoms with Crippen molar-refractivity contribution in [1.82, 2.24) is 15.5 Å². The molecule has 0 radical (unpaired) electrons. The fraction of sp³-hybridized carbons (Fsp3) is 0.158. The highest BCUT2D eigenvalue weighted by Crippen LogP contribution is 2.16. The van der Waals surface area contributed by atoms with Gasteiger partial charge in [-0.3, -0.25) is 4.79 Å². The van der Waals surface area contributed by atoms with Gasteiger partial charge in [-0.05, 0) is 43.3 Å². The Morgan fingerprint density at radius 3 is 2.29 bits per heavy atom. The Hall–Kier alpha value is -3.46. The summed E-state index contributed by atoms with van der Waals surface area (Å²) in [5.74, 6) is 0.367. The van der Waals surface area contributed by atoms with E-state index in [0.29, 0.717) is 22.1 Å². The minimum absolute atomic E-state index is 0.164. The number of benzene rings is 2. The van der Waals surface area contributed by atoms with Crippen molar-refractivity contribution in [2.24, 2.45) is 0 Å². The van der Waals surface area contributed by atoms with Crippen molar-refractivity contribution in [3.05, 3.63) is 64.1 Å². The number of aromatic nitrogens is 2. The summed E-state index contributed by atoms with van der Waals surface area (Å²) in [5, 5.41) is 16.7. The highest BCUT2D eigenvalue weighted by Gasteiger charge is 2.13. The Bertz CT molecular complexity index is 954. The van der Waals surface area contributed by atoms with Crippen LogP contribution in [0.25, 0.3) is 0 Å². The highest BCUT2D eigenvalue weighted by molar-refractivity contribution is 7.13. The fourth-order valence-corrected chi connectivity index (χ4v) is 2.92. The molecule has 0 unspecified atom stereocenters. The maximum Gasteiger partial charge on any atom is 0.319 e. The molecule has 144 valence electrons. The van der Waals surface area contributed by atoms with Crippen LogP contribution < -0.4 is 20.7 Å². The molecule has 0 saturated carbocycles. The third kappa shape index (κ3) is 5.27. The predicted molar refractivity (Wildman–Crippen MR) is 108 cm³/mol. The molecule has 3 N–H and O–H groups in total. The van der Waals surface area contributed by atoms with E-state index in [1.54, 1.807) is 31.4 Å². The molecule has 1 heterocycles. The van der Waals surface area contributed by atoms with Gasteiger partial charge >= 0.3 is 6.03 Å². The van der Waals surface area contributed by atoms with Gasteiger partial charge in [-0.1, -0.05) is 29.0 Å². The molecular formula is C19H19N5O3S. The first-order valence-electron chi connectivity index (χ1n) is 8.43. The minimum Gasteiger partial charge on any atom is -0.497 e. The van der Waals surface area contributed by atoms with Crippen molar-refractivity contribution in [2.75, 3.05) is 17.7 Å². The number of urea groups is 1. The van der Waals surface area contributed by atoms with E-state index in [1.165, 1.54) is 0 Å². The molecule has 0 aliphatic rings. The predicted octanol–water partition coefficient (Wildman–Crippen LogP) is 3.43. The van der Waals surface area contributed by atoms with Gasteiger partial charge in [0, 0.05) is 11.4 Å². The highest BCUT2D eigenvalue weighted by atomic mass is 32.1. The largest absolute Gasteiger partial charge is 0.497 e. The number of anilines is 2. The first-order valence-corrected chi connectivity index (χ1v) is 9.24. The van der Waals surface area contributed by atoms with Crippen LogP contribution in [0, 0.1) is 6.92 Å². The Kier molecular flexibility index (Phi) is 6.18. The zero-order chi connectivity index (χ0) is 19.9. The molecule has 3 rings (SSSR count). The van der Waals surface area contributed by atoms with Gasteiger partial charge in [0.05, 0.1) is 13.7 Å². The van der Waals surface area contributed by atoms with E-state index in [9.17, 15) is 9.59 Å². The SMILES string of the molecule is COc1ccc(NC(=O)NCc2nnc(C(=O)Nc3ccc(C)cc3)s2)cc1. The second-order valence-corrected chi connectivity index (χ2v) is 6.92. The van der Waals surface area contributed by atoms with Crippen LogP contribution in [-0.2, 0) is 6.54 Å². The van der Waals surface area contributed by atoms with Crippen LogP contribution in [0.15, 0.2) is 48.5 Å². The summed E-state index contributed by atoms with van der Waals surface area (Å²) in [6, 6.07) is 14.0. The summed E-state index contributed by atoms with van der Waals surface area (Å²) in [5.41, 5.74) is 2.42. The summed E-state index contributed by atoms with van der Waals surface area (Å²) in [6.07, 6.45) is 0. The third-order valence-corrected chi connectivity index (χ3v) is 4.64. The lowest BCUT2D eigenvalue weighted by atomic mass is 10.2. The number of carbonyl (C=O) groups excluding carboxylic acids is 2. The van der Waals surface area contributed by atoms with E-state index < -0.39 is 0 Å². The molecule has 0 aliphatic heterocycles. The van der Waals surface area contributed by atoms with E-state index in [1.807, 2.05) is 31.2 Å². The molecule has 3 amide bonds. The van der Waals surface area contributed by atoms with Gasteiger partial charge in [0.2, 0.25) is 5.01 Å². The molecule has 1 aromatic heterocycles. The molecule has 0 aliphatic carbocycles. The number of amides is 3. The topological polar surface area (TPSA) is 105 Å². The Labute approximate surface area is 166 Å². The lowest BCUT2D eigenvalue weighted by molar-refractivity contribution is 0.102. The third-order valence-electron chi connectivity index (χ3n) is 3.72. The summed E-state index contributed by atoms with van der Waals surface area (Å²) < 4.78 is 5.07. The van der Waals surface area contributed by atoms with Gasteiger partial charge in [0.15, 0.2) is 0 Å². The summed E-state index contributed by atoms with van der Waals surface area (Å²) in [6.45, 7) is 2.14. The van der Waals surface area contributed by atoms with Crippen molar-refractivity contribution in [3.8, 4) is 5.75 Å². The number of nitrogens with zero attached hydrogens (tertiary/aromatic N) is 2.